The van der Waals surface area contributed by atoms with Crippen LogP contribution in [-0.4, -0.2) is 50.4 Å². The molecule has 0 aliphatic heterocycles. The minimum Gasteiger partial charge on any atom is -0.493 e. The third-order valence-electron chi connectivity index (χ3n) is 4.75. The molecule has 0 unspecified atom stereocenters. The molecule has 0 amide bonds. The molecule has 2 aromatic carbocycles. The molecule has 0 aliphatic carbocycles. The lowest BCUT2D eigenvalue weighted by Gasteiger charge is -2.07. The van der Waals surface area contributed by atoms with Crippen LogP contribution < -0.4 is 9.47 Å². The van der Waals surface area contributed by atoms with Crippen molar-refractivity contribution in [1.82, 2.24) is 30.4 Å². The molecule has 10 heteroatoms. The van der Waals surface area contributed by atoms with Gasteiger partial charge in [-0.15, -0.1) is 20.4 Å². The van der Waals surface area contributed by atoms with Crippen LogP contribution in [0.1, 0.15) is 19.3 Å². The van der Waals surface area contributed by atoms with Gasteiger partial charge in [-0.05, 0) is 36.3 Å². The van der Waals surface area contributed by atoms with E-state index in [4.69, 9.17) is 13.9 Å². The summed E-state index contributed by atoms with van der Waals surface area (Å²) in [7, 11) is 3.20. The number of nitrogens with zero attached hydrogens (tertiary/aromatic N) is 6. The van der Waals surface area contributed by atoms with E-state index < -0.39 is 0 Å². The molecule has 32 heavy (non-hydrogen) atoms. The summed E-state index contributed by atoms with van der Waals surface area (Å²) < 4.78 is 16.4. The summed E-state index contributed by atoms with van der Waals surface area (Å²) in [5.74, 6) is 3.29. The van der Waals surface area contributed by atoms with Gasteiger partial charge in [0, 0.05) is 16.9 Å². The molecular formula is C22H24N6O3S. The van der Waals surface area contributed by atoms with Gasteiger partial charge in [0.05, 0.1) is 20.8 Å². The van der Waals surface area contributed by atoms with Gasteiger partial charge in [-0.2, -0.15) is 4.80 Å². The van der Waals surface area contributed by atoms with Crippen LogP contribution in [0.5, 0.6) is 11.5 Å². The molecule has 2 heterocycles. The Hall–Kier alpha value is -3.40. The number of unbranched alkanes of at least 4 members (excludes halogenated alkanes) is 2. The predicted octanol–water partition coefficient (Wildman–Crippen LogP) is 4.37. The maximum Gasteiger partial charge on any atom is 0.276 e. The average Bonchev–Trinajstić information content (AvgIpc) is 3.51. The summed E-state index contributed by atoms with van der Waals surface area (Å²) >= 11 is 1.55. The van der Waals surface area contributed by atoms with Crippen molar-refractivity contribution in [2.24, 2.45) is 0 Å². The number of benzene rings is 2. The average molecular weight is 453 g/mol. The van der Waals surface area contributed by atoms with Crippen LogP contribution in [-0.2, 0) is 6.54 Å². The lowest BCUT2D eigenvalue weighted by Crippen LogP contribution is -2.02. The van der Waals surface area contributed by atoms with E-state index in [1.807, 2.05) is 48.5 Å². The predicted molar refractivity (Wildman–Crippen MR) is 121 cm³/mol. The van der Waals surface area contributed by atoms with Crippen molar-refractivity contribution >= 4 is 11.8 Å². The summed E-state index contributed by atoms with van der Waals surface area (Å²) in [6.07, 6.45) is 3.05. The fourth-order valence-corrected chi connectivity index (χ4v) is 3.85. The molecule has 0 fully saturated rings. The molecule has 2 aromatic heterocycles. The van der Waals surface area contributed by atoms with Crippen molar-refractivity contribution in [1.29, 1.82) is 0 Å². The number of methoxy groups -OCH3 is 2. The highest BCUT2D eigenvalue weighted by molar-refractivity contribution is 7.99. The van der Waals surface area contributed by atoms with Crippen LogP contribution in [0.2, 0.25) is 0 Å². The van der Waals surface area contributed by atoms with Crippen molar-refractivity contribution < 1.29 is 13.9 Å². The lowest BCUT2D eigenvalue weighted by molar-refractivity contribution is 0.355. The molecule has 0 aliphatic rings. The van der Waals surface area contributed by atoms with Crippen LogP contribution in [0.3, 0.4) is 0 Å². The van der Waals surface area contributed by atoms with Crippen molar-refractivity contribution in [3.05, 3.63) is 48.5 Å². The van der Waals surface area contributed by atoms with Gasteiger partial charge in [0.25, 0.3) is 5.22 Å². The van der Waals surface area contributed by atoms with E-state index in [9.17, 15) is 0 Å². The van der Waals surface area contributed by atoms with Gasteiger partial charge >= 0.3 is 0 Å². The van der Waals surface area contributed by atoms with Gasteiger partial charge in [0.1, 0.15) is 0 Å². The Morgan fingerprint density at radius 3 is 2.53 bits per heavy atom. The van der Waals surface area contributed by atoms with E-state index in [1.165, 1.54) is 0 Å². The largest absolute Gasteiger partial charge is 0.493 e. The van der Waals surface area contributed by atoms with Gasteiger partial charge in [-0.25, -0.2) is 0 Å². The highest BCUT2D eigenvalue weighted by atomic mass is 32.2. The molecule has 0 spiro atoms. The zero-order valence-electron chi connectivity index (χ0n) is 18.0. The van der Waals surface area contributed by atoms with Crippen molar-refractivity contribution in [3.8, 4) is 34.3 Å². The Balaban J connectivity index is 1.19. The molecule has 9 nitrogen and oxygen atoms in total. The molecule has 4 rings (SSSR count). The fourth-order valence-electron chi connectivity index (χ4n) is 3.09. The zero-order valence-corrected chi connectivity index (χ0v) is 18.8. The van der Waals surface area contributed by atoms with Crippen LogP contribution in [0.15, 0.2) is 58.2 Å². The Labute approximate surface area is 190 Å². The van der Waals surface area contributed by atoms with Crippen molar-refractivity contribution in [2.45, 2.75) is 31.0 Å². The topological polar surface area (TPSA) is 101 Å². The first kappa shape index (κ1) is 21.8. The number of rotatable bonds is 11. The first-order valence-electron chi connectivity index (χ1n) is 10.3. The molecule has 0 atom stereocenters. The van der Waals surface area contributed by atoms with E-state index >= 15 is 0 Å². The third-order valence-corrected chi connectivity index (χ3v) is 5.65. The maximum atomic E-state index is 5.78. The Kier molecular flexibility index (Phi) is 7.34. The second-order valence-corrected chi connectivity index (χ2v) is 7.97. The smallest absolute Gasteiger partial charge is 0.276 e. The molecule has 0 radical (unpaired) electrons. The van der Waals surface area contributed by atoms with Gasteiger partial charge < -0.3 is 13.9 Å². The quantitative estimate of drug-likeness (QED) is 0.242. The standard InChI is InChI=1S/C22H24N6O3S/c1-29-18-12-11-17(15-19(18)30-2)21-24-25-22(31-21)32-14-8-4-7-13-28-26-20(23-27-28)16-9-5-3-6-10-16/h3,5-6,9-12,15H,4,7-8,13-14H2,1-2H3. The van der Waals surface area contributed by atoms with E-state index in [-0.39, 0.29) is 0 Å². The summed E-state index contributed by atoms with van der Waals surface area (Å²) in [5.41, 5.74) is 1.76. The Morgan fingerprint density at radius 2 is 1.72 bits per heavy atom. The van der Waals surface area contributed by atoms with Crippen molar-refractivity contribution in [3.63, 3.8) is 0 Å². The van der Waals surface area contributed by atoms with E-state index in [2.05, 4.69) is 25.6 Å². The molecule has 0 saturated carbocycles. The first-order valence-corrected chi connectivity index (χ1v) is 11.3. The van der Waals surface area contributed by atoms with Gasteiger partial charge in [-0.3, -0.25) is 0 Å². The fraction of sp³-hybridized carbons (Fsp3) is 0.318. The van der Waals surface area contributed by atoms with Gasteiger partial charge in [0.15, 0.2) is 11.5 Å². The SMILES string of the molecule is COc1ccc(-c2nnc(SCCCCCn3nnc(-c4ccccc4)n3)o2)cc1OC. The van der Waals surface area contributed by atoms with Crippen LogP contribution in [0.4, 0.5) is 0 Å². The molecule has 4 aromatic rings. The van der Waals surface area contributed by atoms with Crippen molar-refractivity contribution in [2.75, 3.05) is 20.0 Å². The van der Waals surface area contributed by atoms with Gasteiger partial charge in [0.2, 0.25) is 11.7 Å². The Morgan fingerprint density at radius 1 is 0.875 bits per heavy atom. The van der Waals surface area contributed by atoms with Crippen LogP contribution in [0.25, 0.3) is 22.8 Å². The minimum atomic E-state index is 0.458. The van der Waals surface area contributed by atoms with Crippen LogP contribution in [0, 0.1) is 0 Å². The number of aromatic nitrogens is 6. The summed E-state index contributed by atoms with van der Waals surface area (Å²) in [4.78, 5) is 1.66. The number of hydrogen-bond acceptors (Lipinski definition) is 9. The summed E-state index contributed by atoms with van der Waals surface area (Å²) in [6, 6.07) is 15.4. The molecular weight excluding hydrogens is 428 g/mol. The molecule has 0 saturated heterocycles. The highest BCUT2D eigenvalue weighted by Crippen LogP contribution is 2.32. The summed E-state index contributed by atoms with van der Waals surface area (Å²) in [6.45, 7) is 0.745. The number of aryl methyl sites for hydroxylation is 1. The summed E-state index contributed by atoms with van der Waals surface area (Å²) in [5, 5.41) is 21.5. The zero-order chi connectivity index (χ0) is 22.2. The number of thioether (sulfide) groups is 1. The van der Waals surface area contributed by atoms with Crippen LogP contribution >= 0.6 is 11.8 Å². The second-order valence-electron chi connectivity index (χ2n) is 6.93. The molecule has 0 bridgehead atoms. The molecule has 0 N–H and O–H groups in total. The van der Waals surface area contributed by atoms with E-state index in [1.54, 1.807) is 30.8 Å². The minimum absolute atomic E-state index is 0.458. The van der Waals surface area contributed by atoms with E-state index in [0.29, 0.717) is 28.4 Å². The normalized spacial score (nSPS) is 10.9. The maximum absolute atomic E-state index is 5.78. The van der Waals surface area contributed by atoms with Gasteiger partial charge in [-0.1, -0.05) is 48.5 Å². The highest BCUT2D eigenvalue weighted by Gasteiger charge is 2.12. The second kappa shape index (κ2) is 10.8. The monoisotopic (exact) mass is 452 g/mol. The number of tetrazole rings is 1. The Bertz CT molecular complexity index is 1130. The number of hydrogen-bond donors (Lipinski definition) is 0. The lowest BCUT2D eigenvalue weighted by atomic mass is 10.2. The van der Waals surface area contributed by atoms with E-state index in [0.717, 1.165) is 42.7 Å². The first-order chi connectivity index (χ1) is 15.8. The molecule has 166 valence electrons. The third kappa shape index (κ3) is 5.44. The number of ether oxygens (including phenoxy) is 2.